The van der Waals surface area contributed by atoms with E-state index >= 15 is 0 Å². The molecule has 0 radical (unpaired) electrons. The van der Waals surface area contributed by atoms with Gasteiger partial charge in [0.2, 0.25) is 0 Å². The third kappa shape index (κ3) is 4.63. The Bertz CT molecular complexity index is 121. The highest BCUT2D eigenvalue weighted by atomic mass is 16.5. The molecule has 13 heavy (non-hydrogen) atoms. The lowest BCUT2D eigenvalue weighted by Gasteiger charge is -2.12. The maximum atomic E-state index is 5.16. The molecule has 1 aliphatic rings. The van der Waals surface area contributed by atoms with Crippen molar-refractivity contribution in [2.24, 2.45) is 5.92 Å². The van der Waals surface area contributed by atoms with E-state index in [2.05, 4.69) is 12.2 Å². The van der Waals surface area contributed by atoms with Gasteiger partial charge in [-0.15, -0.1) is 0 Å². The van der Waals surface area contributed by atoms with Crippen LogP contribution in [0.15, 0.2) is 0 Å². The number of hydrogen-bond donors (Lipinski definition) is 1. The van der Waals surface area contributed by atoms with Crippen LogP contribution in [0.1, 0.15) is 39.0 Å². The van der Waals surface area contributed by atoms with Gasteiger partial charge in [-0.3, -0.25) is 0 Å². The summed E-state index contributed by atoms with van der Waals surface area (Å²) < 4.78 is 5.16. The number of rotatable bonds is 6. The highest BCUT2D eigenvalue weighted by Gasteiger charge is 2.13. The van der Waals surface area contributed by atoms with Crippen molar-refractivity contribution >= 4 is 0 Å². The average Bonchev–Trinajstić information content (AvgIpc) is 2.64. The van der Waals surface area contributed by atoms with E-state index in [9.17, 15) is 0 Å². The summed E-state index contributed by atoms with van der Waals surface area (Å²) in [4.78, 5) is 0. The lowest BCUT2D eigenvalue weighted by atomic mass is 10.0. The van der Waals surface area contributed by atoms with Crippen LogP contribution in [-0.4, -0.2) is 26.3 Å². The van der Waals surface area contributed by atoms with Crippen molar-refractivity contribution in [3.63, 3.8) is 0 Å². The van der Waals surface area contributed by atoms with Gasteiger partial charge in [0, 0.05) is 13.7 Å². The molecule has 1 N–H and O–H groups in total. The van der Waals surface area contributed by atoms with Crippen LogP contribution in [0.25, 0.3) is 0 Å². The molecule has 0 heterocycles. The zero-order chi connectivity index (χ0) is 9.52. The topological polar surface area (TPSA) is 21.3 Å². The molecule has 1 rings (SSSR count). The van der Waals surface area contributed by atoms with E-state index in [-0.39, 0.29) is 0 Å². The number of nitrogens with one attached hydrogen (secondary N) is 1. The first-order valence-corrected chi connectivity index (χ1v) is 5.56. The minimum Gasteiger partial charge on any atom is -0.380 e. The molecule has 0 spiro atoms. The summed E-state index contributed by atoms with van der Waals surface area (Å²) in [6.07, 6.45) is 7.54. The Balaban J connectivity index is 1.88. The predicted octanol–water partition coefficient (Wildman–Crippen LogP) is 2.19. The molecule has 0 bridgehead atoms. The van der Waals surface area contributed by atoms with Gasteiger partial charge in [0.05, 0.1) is 6.10 Å². The molecule has 0 aliphatic heterocycles. The molecule has 0 aromatic heterocycles. The number of ether oxygens (including phenoxy) is 1. The van der Waals surface area contributed by atoms with Gasteiger partial charge >= 0.3 is 0 Å². The first-order valence-electron chi connectivity index (χ1n) is 5.56. The second kappa shape index (κ2) is 6.39. The molecular formula is C11H23NO. The van der Waals surface area contributed by atoms with Crippen LogP contribution in [0.2, 0.25) is 0 Å². The first-order chi connectivity index (χ1) is 6.33. The summed E-state index contributed by atoms with van der Waals surface area (Å²) >= 11 is 0. The van der Waals surface area contributed by atoms with Gasteiger partial charge in [0.15, 0.2) is 0 Å². The molecule has 1 fully saturated rings. The van der Waals surface area contributed by atoms with Crippen LogP contribution < -0.4 is 5.32 Å². The van der Waals surface area contributed by atoms with Gasteiger partial charge in [0.1, 0.15) is 0 Å². The lowest BCUT2D eigenvalue weighted by Crippen LogP contribution is -2.27. The van der Waals surface area contributed by atoms with Crippen molar-refractivity contribution in [1.29, 1.82) is 0 Å². The minimum absolute atomic E-state index is 0.351. The predicted molar refractivity (Wildman–Crippen MR) is 55.9 cm³/mol. The van der Waals surface area contributed by atoms with Crippen LogP contribution in [-0.2, 0) is 4.74 Å². The molecule has 1 aliphatic carbocycles. The minimum atomic E-state index is 0.351. The van der Waals surface area contributed by atoms with E-state index in [0.29, 0.717) is 6.10 Å². The first kappa shape index (κ1) is 11.0. The van der Waals surface area contributed by atoms with Crippen molar-refractivity contribution in [3.05, 3.63) is 0 Å². The molecule has 1 saturated carbocycles. The fourth-order valence-corrected chi connectivity index (χ4v) is 1.99. The maximum Gasteiger partial charge on any atom is 0.0667 e. The summed E-state index contributed by atoms with van der Waals surface area (Å²) in [5.41, 5.74) is 0. The molecule has 2 nitrogen and oxygen atoms in total. The summed E-state index contributed by atoms with van der Waals surface area (Å²) in [7, 11) is 1.77. The Morgan fingerprint density at radius 3 is 2.69 bits per heavy atom. The van der Waals surface area contributed by atoms with Crippen LogP contribution in [0.3, 0.4) is 0 Å². The standard InChI is InChI=1S/C11H23NO/c1-10(13-2)9-12-8-7-11-5-3-4-6-11/h10-12H,3-9H2,1-2H3. The largest absolute Gasteiger partial charge is 0.380 e. The Labute approximate surface area is 82.0 Å². The number of hydrogen-bond acceptors (Lipinski definition) is 2. The monoisotopic (exact) mass is 185 g/mol. The Morgan fingerprint density at radius 1 is 1.38 bits per heavy atom. The lowest BCUT2D eigenvalue weighted by molar-refractivity contribution is 0.117. The third-order valence-electron chi connectivity index (χ3n) is 3.04. The Kier molecular flexibility index (Phi) is 5.40. The molecule has 78 valence electrons. The molecule has 1 unspecified atom stereocenters. The van der Waals surface area contributed by atoms with E-state index in [0.717, 1.165) is 12.5 Å². The van der Waals surface area contributed by atoms with E-state index in [1.165, 1.54) is 38.6 Å². The van der Waals surface area contributed by atoms with Gasteiger partial charge in [0.25, 0.3) is 0 Å². The fourth-order valence-electron chi connectivity index (χ4n) is 1.99. The van der Waals surface area contributed by atoms with Gasteiger partial charge < -0.3 is 10.1 Å². The number of methoxy groups -OCH3 is 1. The van der Waals surface area contributed by atoms with Gasteiger partial charge in [-0.1, -0.05) is 25.7 Å². The van der Waals surface area contributed by atoms with Gasteiger partial charge in [-0.25, -0.2) is 0 Å². The Morgan fingerprint density at radius 2 is 2.08 bits per heavy atom. The summed E-state index contributed by atoms with van der Waals surface area (Å²) in [6.45, 7) is 4.25. The van der Waals surface area contributed by atoms with Crippen LogP contribution in [0, 0.1) is 5.92 Å². The van der Waals surface area contributed by atoms with Gasteiger partial charge in [-0.05, 0) is 25.8 Å². The Hall–Kier alpha value is -0.0800. The third-order valence-corrected chi connectivity index (χ3v) is 3.04. The molecule has 0 aromatic rings. The molecule has 0 aromatic carbocycles. The SMILES string of the molecule is COC(C)CNCCC1CCCC1. The molecule has 0 saturated heterocycles. The van der Waals surface area contributed by atoms with Crippen molar-refractivity contribution < 1.29 is 4.74 Å². The van der Waals surface area contributed by atoms with Crippen molar-refractivity contribution in [3.8, 4) is 0 Å². The summed E-state index contributed by atoms with van der Waals surface area (Å²) in [5, 5.41) is 3.44. The fraction of sp³-hybridized carbons (Fsp3) is 1.00. The average molecular weight is 185 g/mol. The van der Waals surface area contributed by atoms with Crippen LogP contribution in [0.5, 0.6) is 0 Å². The molecule has 0 amide bonds. The maximum absolute atomic E-state index is 5.16. The quantitative estimate of drug-likeness (QED) is 0.640. The van der Waals surface area contributed by atoms with Gasteiger partial charge in [-0.2, -0.15) is 0 Å². The smallest absolute Gasteiger partial charge is 0.0667 e. The zero-order valence-electron chi connectivity index (χ0n) is 9.01. The zero-order valence-corrected chi connectivity index (χ0v) is 9.01. The second-order valence-electron chi connectivity index (χ2n) is 4.19. The molecular weight excluding hydrogens is 162 g/mol. The molecule has 2 heteroatoms. The van der Waals surface area contributed by atoms with E-state index in [1.807, 2.05) is 0 Å². The van der Waals surface area contributed by atoms with Crippen molar-refractivity contribution in [1.82, 2.24) is 5.32 Å². The van der Waals surface area contributed by atoms with Crippen LogP contribution in [0.4, 0.5) is 0 Å². The summed E-state index contributed by atoms with van der Waals surface area (Å²) in [6, 6.07) is 0. The van der Waals surface area contributed by atoms with E-state index in [1.54, 1.807) is 7.11 Å². The summed E-state index contributed by atoms with van der Waals surface area (Å²) in [5.74, 6) is 1.00. The highest BCUT2D eigenvalue weighted by Crippen LogP contribution is 2.26. The van der Waals surface area contributed by atoms with Crippen molar-refractivity contribution in [2.75, 3.05) is 20.2 Å². The normalized spacial score (nSPS) is 20.8. The highest BCUT2D eigenvalue weighted by molar-refractivity contribution is 4.68. The second-order valence-corrected chi connectivity index (χ2v) is 4.19. The van der Waals surface area contributed by atoms with E-state index < -0.39 is 0 Å². The van der Waals surface area contributed by atoms with Crippen molar-refractivity contribution in [2.45, 2.75) is 45.1 Å². The molecule has 1 atom stereocenters. The van der Waals surface area contributed by atoms with E-state index in [4.69, 9.17) is 4.74 Å². The van der Waals surface area contributed by atoms with Crippen LogP contribution >= 0.6 is 0 Å².